The number of hydrogen-bond acceptors (Lipinski definition) is 4. The average Bonchev–Trinajstić information content (AvgIpc) is 2.76. The maximum atomic E-state index is 11.8. The van der Waals surface area contributed by atoms with Gasteiger partial charge in [0.25, 0.3) is 5.78 Å². The van der Waals surface area contributed by atoms with Gasteiger partial charge in [-0.25, -0.2) is 4.79 Å². The SMILES string of the molecule is CCOC(=O)C(=O)c1cccc2c1CCS2. The highest BCUT2D eigenvalue weighted by molar-refractivity contribution is 7.99. The maximum Gasteiger partial charge on any atom is 0.379 e. The predicted octanol–water partition coefficient (Wildman–Crippen LogP) is 2.08. The van der Waals surface area contributed by atoms with Gasteiger partial charge in [0, 0.05) is 16.2 Å². The fourth-order valence-corrected chi connectivity index (χ4v) is 2.83. The molecule has 0 saturated carbocycles. The quantitative estimate of drug-likeness (QED) is 0.458. The van der Waals surface area contributed by atoms with E-state index in [9.17, 15) is 9.59 Å². The van der Waals surface area contributed by atoms with Crippen molar-refractivity contribution in [2.24, 2.45) is 0 Å². The molecule has 0 aliphatic carbocycles. The molecule has 0 amide bonds. The number of carbonyl (C=O) groups is 2. The summed E-state index contributed by atoms with van der Waals surface area (Å²) in [6, 6.07) is 5.49. The Balaban J connectivity index is 2.31. The highest BCUT2D eigenvalue weighted by atomic mass is 32.2. The van der Waals surface area contributed by atoms with Crippen LogP contribution in [0.5, 0.6) is 0 Å². The van der Waals surface area contributed by atoms with Gasteiger partial charge in [-0.05, 0) is 25.0 Å². The predicted molar refractivity (Wildman–Crippen MR) is 61.8 cm³/mol. The van der Waals surface area contributed by atoms with Crippen LogP contribution in [0.4, 0.5) is 0 Å². The van der Waals surface area contributed by atoms with Crippen LogP contribution < -0.4 is 0 Å². The molecule has 3 nitrogen and oxygen atoms in total. The number of benzene rings is 1. The zero-order chi connectivity index (χ0) is 11.5. The van der Waals surface area contributed by atoms with Crippen molar-refractivity contribution in [1.82, 2.24) is 0 Å². The molecule has 0 aromatic heterocycles. The maximum absolute atomic E-state index is 11.8. The lowest BCUT2D eigenvalue weighted by Crippen LogP contribution is -2.18. The largest absolute Gasteiger partial charge is 0.460 e. The molecule has 0 atom stereocenters. The van der Waals surface area contributed by atoms with E-state index >= 15 is 0 Å². The van der Waals surface area contributed by atoms with E-state index in [1.54, 1.807) is 24.8 Å². The number of carbonyl (C=O) groups excluding carboxylic acids is 2. The van der Waals surface area contributed by atoms with E-state index in [4.69, 9.17) is 4.74 Å². The van der Waals surface area contributed by atoms with Crippen molar-refractivity contribution < 1.29 is 14.3 Å². The molecule has 2 rings (SSSR count). The van der Waals surface area contributed by atoms with Gasteiger partial charge in [0.05, 0.1) is 6.61 Å². The zero-order valence-electron chi connectivity index (χ0n) is 8.99. The van der Waals surface area contributed by atoms with Crippen LogP contribution >= 0.6 is 11.8 Å². The Hall–Kier alpha value is -1.29. The van der Waals surface area contributed by atoms with Gasteiger partial charge in [0.2, 0.25) is 0 Å². The molecular weight excluding hydrogens is 224 g/mol. The van der Waals surface area contributed by atoms with Crippen LogP contribution in [0.3, 0.4) is 0 Å². The van der Waals surface area contributed by atoms with Crippen molar-refractivity contribution in [2.45, 2.75) is 18.2 Å². The van der Waals surface area contributed by atoms with Crippen LogP contribution in [0.25, 0.3) is 0 Å². The first kappa shape index (κ1) is 11.2. The molecule has 0 saturated heterocycles. The summed E-state index contributed by atoms with van der Waals surface area (Å²) in [5.41, 5.74) is 1.49. The summed E-state index contributed by atoms with van der Waals surface area (Å²) in [6.45, 7) is 1.92. The summed E-state index contributed by atoms with van der Waals surface area (Å²) in [4.78, 5) is 24.3. The zero-order valence-corrected chi connectivity index (χ0v) is 9.80. The third-order valence-corrected chi connectivity index (χ3v) is 3.55. The van der Waals surface area contributed by atoms with E-state index in [-0.39, 0.29) is 6.61 Å². The molecule has 1 aromatic carbocycles. The van der Waals surface area contributed by atoms with E-state index in [2.05, 4.69) is 0 Å². The van der Waals surface area contributed by atoms with Gasteiger partial charge in [-0.15, -0.1) is 11.8 Å². The minimum Gasteiger partial charge on any atom is -0.460 e. The highest BCUT2D eigenvalue weighted by Gasteiger charge is 2.24. The van der Waals surface area contributed by atoms with Crippen LogP contribution in [0.1, 0.15) is 22.8 Å². The molecular formula is C12H12O3S. The molecule has 1 aromatic rings. The Morgan fingerprint density at radius 2 is 2.25 bits per heavy atom. The Labute approximate surface area is 98.2 Å². The second kappa shape index (κ2) is 4.70. The third-order valence-electron chi connectivity index (χ3n) is 2.45. The van der Waals surface area contributed by atoms with E-state index in [1.165, 1.54) is 0 Å². The fraction of sp³-hybridized carbons (Fsp3) is 0.333. The van der Waals surface area contributed by atoms with Crippen LogP contribution in [0.15, 0.2) is 23.1 Å². The number of ether oxygens (including phenoxy) is 1. The molecule has 0 unspecified atom stereocenters. The summed E-state index contributed by atoms with van der Waals surface area (Å²) < 4.78 is 4.72. The number of fused-ring (bicyclic) bond motifs is 1. The first-order valence-corrected chi connectivity index (χ1v) is 6.18. The number of thioether (sulfide) groups is 1. The molecule has 1 heterocycles. The molecule has 1 aliphatic rings. The minimum atomic E-state index is -0.757. The summed E-state index contributed by atoms with van der Waals surface area (Å²) in [6.07, 6.45) is 0.849. The monoisotopic (exact) mass is 236 g/mol. The second-order valence-corrected chi connectivity index (χ2v) is 4.57. The highest BCUT2D eigenvalue weighted by Crippen LogP contribution is 2.33. The molecule has 0 bridgehead atoms. The smallest absolute Gasteiger partial charge is 0.379 e. The number of rotatable bonds is 3. The van der Waals surface area contributed by atoms with Crippen LogP contribution in [-0.2, 0) is 16.0 Å². The van der Waals surface area contributed by atoms with Gasteiger partial charge in [-0.2, -0.15) is 0 Å². The van der Waals surface area contributed by atoms with Crippen molar-refractivity contribution in [2.75, 3.05) is 12.4 Å². The van der Waals surface area contributed by atoms with E-state index in [1.807, 2.05) is 12.1 Å². The van der Waals surface area contributed by atoms with Gasteiger partial charge < -0.3 is 4.74 Å². The summed E-state index contributed by atoms with van der Waals surface area (Å²) in [5, 5.41) is 0. The van der Waals surface area contributed by atoms with Crippen molar-refractivity contribution in [3.8, 4) is 0 Å². The summed E-state index contributed by atoms with van der Waals surface area (Å²) in [7, 11) is 0. The molecule has 84 valence electrons. The topological polar surface area (TPSA) is 43.4 Å². The van der Waals surface area contributed by atoms with Gasteiger partial charge >= 0.3 is 5.97 Å². The van der Waals surface area contributed by atoms with Crippen LogP contribution in [0.2, 0.25) is 0 Å². The number of hydrogen-bond donors (Lipinski definition) is 0. The number of esters is 1. The molecule has 0 N–H and O–H groups in total. The molecule has 0 fully saturated rings. The summed E-state index contributed by atoms with van der Waals surface area (Å²) >= 11 is 1.72. The van der Waals surface area contributed by atoms with E-state index in [0.29, 0.717) is 5.56 Å². The standard InChI is InChI=1S/C12H12O3S/c1-2-15-12(14)11(13)9-4-3-5-10-8(9)6-7-16-10/h3-5H,2,6-7H2,1H3. The Morgan fingerprint density at radius 1 is 1.44 bits per heavy atom. The van der Waals surface area contributed by atoms with Crippen molar-refractivity contribution in [1.29, 1.82) is 0 Å². The van der Waals surface area contributed by atoms with Crippen LogP contribution in [0, 0.1) is 0 Å². The van der Waals surface area contributed by atoms with E-state index in [0.717, 1.165) is 22.6 Å². The first-order valence-electron chi connectivity index (χ1n) is 5.20. The lowest BCUT2D eigenvalue weighted by molar-refractivity contribution is -0.137. The van der Waals surface area contributed by atoms with Crippen molar-refractivity contribution in [3.63, 3.8) is 0 Å². The Kier molecular flexibility index (Phi) is 3.29. The van der Waals surface area contributed by atoms with Crippen LogP contribution in [-0.4, -0.2) is 24.1 Å². The normalized spacial score (nSPS) is 13.3. The van der Waals surface area contributed by atoms with Crippen molar-refractivity contribution >= 4 is 23.5 Å². The molecule has 0 spiro atoms. The second-order valence-electron chi connectivity index (χ2n) is 3.43. The van der Waals surface area contributed by atoms with Gasteiger partial charge in [0.1, 0.15) is 0 Å². The lowest BCUT2D eigenvalue weighted by atomic mass is 10.0. The molecule has 0 radical (unpaired) electrons. The lowest BCUT2D eigenvalue weighted by Gasteiger charge is -2.05. The fourth-order valence-electron chi connectivity index (χ4n) is 1.74. The number of Topliss-reactive ketones (excluding diaryl/α,β-unsaturated/α-hetero) is 1. The van der Waals surface area contributed by atoms with Crippen molar-refractivity contribution in [3.05, 3.63) is 29.3 Å². The minimum absolute atomic E-state index is 0.231. The van der Waals surface area contributed by atoms with Gasteiger partial charge in [-0.1, -0.05) is 12.1 Å². The molecule has 16 heavy (non-hydrogen) atoms. The average molecular weight is 236 g/mol. The Bertz CT molecular complexity index is 440. The molecule has 4 heteroatoms. The van der Waals surface area contributed by atoms with Gasteiger partial charge in [-0.3, -0.25) is 4.79 Å². The third kappa shape index (κ3) is 1.97. The first-order chi connectivity index (χ1) is 7.74. The Morgan fingerprint density at radius 3 is 3.00 bits per heavy atom. The van der Waals surface area contributed by atoms with E-state index < -0.39 is 11.8 Å². The number of ketones is 1. The molecule has 1 aliphatic heterocycles. The summed E-state index contributed by atoms with van der Waals surface area (Å²) in [5.74, 6) is -0.309. The van der Waals surface area contributed by atoms with Gasteiger partial charge in [0.15, 0.2) is 0 Å².